The van der Waals surface area contributed by atoms with Crippen molar-refractivity contribution in [2.75, 3.05) is 26.2 Å². The largest absolute Gasteiger partial charge is 0.395 e. The fourth-order valence-corrected chi connectivity index (χ4v) is 6.51. The summed E-state index contributed by atoms with van der Waals surface area (Å²) in [5.41, 5.74) is 1.96. The number of rotatable bonds is 4. The molecule has 6 heteroatoms. The van der Waals surface area contributed by atoms with Gasteiger partial charge in [0.25, 0.3) is 0 Å². The van der Waals surface area contributed by atoms with Crippen molar-refractivity contribution in [3.05, 3.63) is 65.7 Å². The third kappa shape index (κ3) is 3.39. The highest BCUT2D eigenvalue weighted by Crippen LogP contribution is 2.42. The number of aryl methyl sites for hydroxylation is 1. The summed E-state index contributed by atoms with van der Waals surface area (Å²) in [5.74, 6) is 0.152. The first-order valence-corrected chi connectivity index (χ1v) is 11.5. The van der Waals surface area contributed by atoms with Gasteiger partial charge in [-0.3, -0.25) is 4.90 Å². The maximum absolute atomic E-state index is 13.4. The molecule has 0 bridgehead atoms. The molecule has 0 spiro atoms. The van der Waals surface area contributed by atoms with E-state index in [4.69, 9.17) is 0 Å². The molecule has 5 nitrogen and oxygen atoms in total. The standard InChI is InChI=1S/C22H28N2O3S/c1-17-9-5-6-12-21(17)28(26,27)23-13-7-8-14-24-19(15-23)22(20(24)16-25)18-10-3-2-4-11-18/h2-6,9-12,19-20,22,25H,7-8,13-16H2,1H3/t19-,20?,22-/m0/s1. The number of fused-ring (bicyclic) bond motifs is 1. The van der Waals surface area contributed by atoms with Crippen molar-refractivity contribution in [2.24, 2.45) is 0 Å². The van der Waals surface area contributed by atoms with E-state index in [9.17, 15) is 13.5 Å². The number of hydrogen-bond donors (Lipinski definition) is 1. The molecule has 2 aliphatic rings. The van der Waals surface area contributed by atoms with Crippen molar-refractivity contribution >= 4 is 10.0 Å². The predicted molar refractivity (Wildman–Crippen MR) is 110 cm³/mol. The van der Waals surface area contributed by atoms with Crippen LogP contribution in [-0.2, 0) is 10.0 Å². The van der Waals surface area contributed by atoms with E-state index in [1.54, 1.807) is 16.4 Å². The lowest BCUT2D eigenvalue weighted by Gasteiger charge is -2.57. The van der Waals surface area contributed by atoms with Crippen molar-refractivity contribution in [3.63, 3.8) is 0 Å². The average Bonchev–Trinajstić information content (AvgIpc) is 2.67. The monoisotopic (exact) mass is 400 g/mol. The van der Waals surface area contributed by atoms with Crippen LogP contribution < -0.4 is 0 Å². The van der Waals surface area contributed by atoms with E-state index in [0.717, 1.165) is 24.9 Å². The molecule has 2 heterocycles. The number of aliphatic hydroxyl groups excluding tert-OH is 1. The minimum atomic E-state index is -3.54. The van der Waals surface area contributed by atoms with Crippen LogP contribution in [0.5, 0.6) is 0 Å². The molecule has 0 saturated carbocycles. The zero-order chi connectivity index (χ0) is 19.7. The molecule has 2 saturated heterocycles. The van der Waals surface area contributed by atoms with Gasteiger partial charge in [-0.05, 0) is 43.5 Å². The van der Waals surface area contributed by atoms with Gasteiger partial charge >= 0.3 is 0 Å². The fraction of sp³-hybridized carbons (Fsp3) is 0.455. The highest BCUT2D eigenvalue weighted by Gasteiger charge is 2.50. The normalized spacial score (nSPS) is 26.7. The molecule has 2 fully saturated rings. The summed E-state index contributed by atoms with van der Waals surface area (Å²) in [6.45, 7) is 3.87. The van der Waals surface area contributed by atoms with Crippen LogP contribution in [0.25, 0.3) is 0 Å². The summed E-state index contributed by atoms with van der Waals surface area (Å²) in [7, 11) is -3.54. The maximum Gasteiger partial charge on any atom is 0.243 e. The Labute approximate surface area is 167 Å². The van der Waals surface area contributed by atoms with Crippen LogP contribution in [0.15, 0.2) is 59.5 Å². The molecule has 2 aliphatic heterocycles. The smallest absolute Gasteiger partial charge is 0.243 e. The Bertz CT molecular complexity index is 916. The highest BCUT2D eigenvalue weighted by molar-refractivity contribution is 7.89. The Balaban J connectivity index is 1.66. The first kappa shape index (κ1) is 19.6. The highest BCUT2D eigenvalue weighted by atomic mass is 32.2. The third-order valence-corrected chi connectivity index (χ3v) is 8.25. The van der Waals surface area contributed by atoms with E-state index in [2.05, 4.69) is 17.0 Å². The second kappa shape index (κ2) is 7.95. The van der Waals surface area contributed by atoms with Crippen LogP contribution in [0.4, 0.5) is 0 Å². The lowest BCUT2D eigenvalue weighted by molar-refractivity contribution is -0.0553. The van der Waals surface area contributed by atoms with Gasteiger partial charge in [0.2, 0.25) is 10.0 Å². The minimum absolute atomic E-state index is 0.0634. The molecule has 2 aromatic carbocycles. The molecule has 0 amide bonds. The molecular weight excluding hydrogens is 372 g/mol. The number of nitrogens with zero attached hydrogens (tertiary/aromatic N) is 2. The Morgan fingerprint density at radius 3 is 2.39 bits per heavy atom. The SMILES string of the molecule is Cc1ccccc1S(=O)(=O)N1CCCCN2C(CO)[C@@H](c3ccccc3)[C@@H]2C1. The van der Waals surface area contributed by atoms with Gasteiger partial charge in [-0.25, -0.2) is 8.42 Å². The van der Waals surface area contributed by atoms with Gasteiger partial charge in [-0.15, -0.1) is 0 Å². The van der Waals surface area contributed by atoms with E-state index < -0.39 is 10.0 Å². The summed E-state index contributed by atoms with van der Waals surface area (Å²) < 4.78 is 28.5. The van der Waals surface area contributed by atoms with Crippen LogP contribution >= 0.6 is 0 Å². The van der Waals surface area contributed by atoms with Crippen LogP contribution in [0.2, 0.25) is 0 Å². The molecule has 1 N–H and O–H groups in total. The summed E-state index contributed by atoms with van der Waals surface area (Å²) in [6.07, 6.45) is 1.77. The summed E-state index contributed by atoms with van der Waals surface area (Å²) in [4.78, 5) is 2.70. The Morgan fingerprint density at radius 1 is 1.00 bits per heavy atom. The van der Waals surface area contributed by atoms with Crippen molar-refractivity contribution in [3.8, 4) is 0 Å². The number of aliphatic hydroxyl groups is 1. The Kier molecular flexibility index (Phi) is 5.56. The molecule has 1 unspecified atom stereocenters. The van der Waals surface area contributed by atoms with Gasteiger partial charge in [0, 0.05) is 31.1 Å². The molecular formula is C22H28N2O3S. The van der Waals surface area contributed by atoms with Crippen LogP contribution in [-0.4, -0.2) is 61.1 Å². The van der Waals surface area contributed by atoms with E-state index in [-0.39, 0.29) is 24.6 Å². The van der Waals surface area contributed by atoms with Crippen molar-refractivity contribution in [1.29, 1.82) is 0 Å². The van der Waals surface area contributed by atoms with E-state index in [1.165, 1.54) is 5.56 Å². The lowest BCUT2D eigenvalue weighted by atomic mass is 9.74. The van der Waals surface area contributed by atoms with Gasteiger partial charge in [0.1, 0.15) is 0 Å². The summed E-state index contributed by atoms with van der Waals surface area (Å²) in [5, 5.41) is 9.99. The van der Waals surface area contributed by atoms with E-state index in [0.29, 0.717) is 18.0 Å². The minimum Gasteiger partial charge on any atom is -0.395 e. The zero-order valence-electron chi connectivity index (χ0n) is 16.2. The lowest BCUT2D eigenvalue weighted by Crippen LogP contribution is -2.67. The molecule has 4 rings (SSSR count). The van der Waals surface area contributed by atoms with Gasteiger partial charge in [0.15, 0.2) is 0 Å². The zero-order valence-corrected chi connectivity index (χ0v) is 17.1. The molecule has 3 atom stereocenters. The number of sulfonamides is 1. The Morgan fingerprint density at radius 2 is 1.68 bits per heavy atom. The molecule has 0 radical (unpaired) electrons. The van der Waals surface area contributed by atoms with Gasteiger partial charge in [0.05, 0.1) is 11.5 Å². The maximum atomic E-state index is 13.4. The number of hydrogen-bond acceptors (Lipinski definition) is 4. The predicted octanol–water partition coefficient (Wildman–Crippen LogP) is 2.61. The van der Waals surface area contributed by atoms with Crippen LogP contribution in [0.1, 0.15) is 29.9 Å². The van der Waals surface area contributed by atoms with Crippen LogP contribution in [0.3, 0.4) is 0 Å². The second-order valence-corrected chi connectivity index (χ2v) is 9.73. The van der Waals surface area contributed by atoms with E-state index >= 15 is 0 Å². The fourth-order valence-electron chi connectivity index (χ4n) is 4.79. The van der Waals surface area contributed by atoms with Gasteiger partial charge in [-0.2, -0.15) is 4.31 Å². The molecule has 150 valence electrons. The van der Waals surface area contributed by atoms with Gasteiger partial charge in [-0.1, -0.05) is 48.5 Å². The topological polar surface area (TPSA) is 60.9 Å². The number of benzene rings is 2. The first-order chi connectivity index (χ1) is 13.5. The molecule has 28 heavy (non-hydrogen) atoms. The molecule has 0 aliphatic carbocycles. The van der Waals surface area contributed by atoms with E-state index in [1.807, 2.05) is 37.3 Å². The first-order valence-electron chi connectivity index (χ1n) is 10.0. The molecule has 2 aromatic rings. The quantitative estimate of drug-likeness (QED) is 0.857. The van der Waals surface area contributed by atoms with Crippen molar-refractivity contribution < 1.29 is 13.5 Å². The Hall–Kier alpha value is -1.73. The third-order valence-electron chi connectivity index (χ3n) is 6.23. The summed E-state index contributed by atoms with van der Waals surface area (Å²) in [6, 6.07) is 17.5. The average molecular weight is 401 g/mol. The van der Waals surface area contributed by atoms with Crippen molar-refractivity contribution in [2.45, 2.75) is 42.7 Å². The second-order valence-electron chi connectivity index (χ2n) is 7.83. The summed E-state index contributed by atoms with van der Waals surface area (Å²) >= 11 is 0. The molecule has 0 aromatic heterocycles. The van der Waals surface area contributed by atoms with Crippen molar-refractivity contribution in [1.82, 2.24) is 9.21 Å². The van der Waals surface area contributed by atoms with Gasteiger partial charge < -0.3 is 5.11 Å². The van der Waals surface area contributed by atoms with Crippen LogP contribution in [0, 0.1) is 6.92 Å².